The molecule has 17 heavy (non-hydrogen) atoms. The van der Waals surface area contributed by atoms with Gasteiger partial charge in [0.05, 0.1) is 6.10 Å². The fourth-order valence-corrected chi connectivity index (χ4v) is 1.95. The molecule has 1 nitrogen and oxygen atoms in total. The van der Waals surface area contributed by atoms with E-state index in [1.54, 1.807) is 6.07 Å². The first-order valence-electron chi connectivity index (χ1n) is 4.88. The van der Waals surface area contributed by atoms with Crippen molar-refractivity contribution in [2.75, 3.05) is 4.43 Å². The molecule has 2 unspecified atom stereocenters. The Balaban J connectivity index is 2.79. The molecule has 1 rings (SSSR count). The lowest BCUT2D eigenvalue weighted by atomic mass is 10.1. The fourth-order valence-electron chi connectivity index (χ4n) is 1.23. The Morgan fingerprint density at radius 3 is 2.47 bits per heavy atom. The first-order valence-corrected chi connectivity index (χ1v) is 6.40. The van der Waals surface area contributed by atoms with Gasteiger partial charge in [0.1, 0.15) is 5.82 Å². The van der Waals surface area contributed by atoms with Crippen LogP contribution in [0.4, 0.5) is 17.6 Å². The van der Waals surface area contributed by atoms with Gasteiger partial charge in [-0.25, -0.2) is 4.39 Å². The summed E-state index contributed by atoms with van der Waals surface area (Å²) in [6.45, 7) is 0.943. The molecule has 1 aromatic carbocycles. The van der Waals surface area contributed by atoms with Crippen LogP contribution in [-0.4, -0.2) is 16.7 Å². The minimum Gasteiger partial charge on any atom is -0.360 e. The second-order valence-electron chi connectivity index (χ2n) is 3.52. The fraction of sp³-hybridized carbons (Fsp3) is 0.455. The van der Waals surface area contributed by atoms with E-state index >= 15 is 0 Å². The van der Waals surface area contributed by atoms with Crippen LogP contribution in [0.5, 0.6) is 0 Å². The second-order valence-corrected chi connectivity index (χ2v) is 4.40. The van der Waals surface area contributed by atoms with Crippen molar-refractivity contribution >= 4 is 22.6 Å². The molecule has 0 bridgehead atoms. The summed E-state index contributed by atoms with van der Waals surface area (Å²) in [7, 11) is 0. The SMILES string of the molecule is CC(OC(CI)c1cccc(F)c1)C(F)(F)F. The van der Waals surface area contributed by atoms with Crippen molar-refractivity contribution in [2.24, 2.45) is 0 Å². The van der Waals surface area contributed by atoms with Crippen molar-refractivity contribution in [3.8, 4) is 0 Å². The minimum absolute atomic E-state index is 0.321. The average molecular weight is 362 g/mol. The summed E-state index contributed by atoms with van der Waals surface area (Å²) in [6, 6.07) is 5.43. The summed E-state index contributed by atoms with van der Waals surface area (Å²) in [5.74, 6) is -0.486. The van der Waals surface area contributed by atoms with Crippen LogP contribution in [0.2, 0.25) is 0 Å². The lowest BCUT2D eigenvalue weighted by Gasteiger charge is -2.23. The van der Waals surface area contributed by atoms with Gasteiger partial charge in [-0.05, 0) is 24.6 Å². The molecule has 0 amide bonds. The zero-order valence-electron chi connectivity index (χ0n) is 8.97. The van der Waals surface area contributed by atoms with E-state index in [0.717, 1.165) is 6.92 Å². The molecule has 0 saturated carbocycles. The zero-order chi connectivity index (χ0) is 13.1. The largest absolute Gasteiger partial charge is 0.414 e. The average Bonchev–Trinajstić information content (AvgIpc) is 2.24. The molecule has 0 N–H and O–H groups in total. The van der Waals surface area contributed by atoms with Crippen molar-refractivity contribution in [2.45, 2.75) is 25.3 Å². The van der Waals surface area contributed by atoms with E-state index in [1.807, 2.05) is 22.6 Å². The molecule has 0 aliphatic rings. The van der Waals surface area contributed by atoms with Gasteiger partial charge in [0.2, 0.25) is 0 Å². The number of hydrogen-bond acceptors (Lipinski definition) is 1. The highest BCUT2D eigenvalue weighted by atomic mass is 127. The van der Waals surface area contributed by atoms with Crippen LogP contribution in [0.3, 0.4) is 0 Å². The van der Waals surface area contributed by atoms with Crippen LogP contribution in [0.1, 0.15) is 18.6 Å². The van der Waals surface area contributed by atoms with Gasteiger partial charge in [-0.15, -0.1) is 0 Å². The molecule has 0 aliphatic heterocycles. The molecule has 0 spiro atoms. The highest BCUT2D eigenvalue weighted by Gasteiger charge is 2.38. The Labute approximate surface area is 110 Å². The number of rotatable bonds is 4. The van der Waals surface area contributed by atoms with Gasteiger partial charge in [-0.2, -0.15) is 13.2 Å². The van der Waals surface area contributed by atoms with E-state index in [2.05, 4.69) is 0 Å². The first kappa shape index (κ1) is 14.7. The summed E-state index contributed by atoms with van der Waals surface area (Å²) in [4.78, 5) is 0. The summed E-state index contributed by atoms with van der Waals surface area (Å²) in [6.07, 6.45) is -7.04. The predicted octanol–water partition coefficient (Wildman–Crippen LogP) is 4.27. The van der Waals surface area contributed by atoms with Crippen LogP contribution < -0.4 is 0 Å². The van der Waals surface area contributed by atoms with E-state index in [1.165, 1.54) is 18.2 Å². The molecule has 0 saturated heterocycles. The van der Waals surface area contributed by atoms with Crippen molar-refractivity contribution in [3.63, 3.8) is 0 Å². The molecule has 0 radical (unpaired) electrons. The maximum absolute atomic E-state index is 13.0. The molecule has 0 fully saturated rings. The lowest BCUT2D eigenvalue weighted by Crippen LogP contribution is -2.30. The molecule has 0 heterocycles. The van der Waals surface area contributed by atoms with Crippen molar-refractivity contribution in [1.82, 2.24) is 0 Å². The molecule has 0 aliphatic carbocycles. The summed E-state index contributed by atoms with van der Waals surface area (Å²) >= 11 is 1.91. The van der Waals surface area contributed by atoms with Gasteiger partial charge in [-0.3, -0.25) is 0 Å². The molecule has 0 aromatic heterocycles. The topological polar surface area (TPSA) is 9.23 Å². The van der Waals surface area contributed by atoms with E-state index < -0.39 is 24.2 Å². The lowest BCUT2D eigenvalue weighted by molar-refractivity contribution is -0.225. The summed E-state index contributed by atoms with van der Waals surface area (Å²) in [5.41, 5.74) is 0.413. The predicted molar refractivity (Wildman–Crippen MR) is 64.6 cm³/mol. The molecular formula is C11H11F4IO. The van der Waals surface area contributed by atoms with Crippen molar-refractivity contribution in [3.05, 3.63) is 35.6 Å². The Morgan fingerprint density at radius 1 is 1.35 bits per heavy atom. The van der Waals surface area contributed by atoms with Crippen molar-refractivity contribution in [1.29, 1.82) is 0 Å². The molecule has 96 valence electrons. The Bertz CT molecular complexity index is 367. The van der Waals surface area contributed by atoms with Gasteiger partial charge in [-0.1, -0.05) is 34.7 Å². The third kappa shape index (κ3) is 4.42. The van der Waals surface area contributed by atoms with Crippen LogP contribution in [0.15, 0.2) is 24.3 Å². The molecule has 6 heteroatoms. The Hall–Kier alpha value is -0.370. The first-order chi connectivity index (χ1) is 7.84. The van der Waals surface area contributed by atoms with Crippen LogP contribution in [-0.2, 0) is 4.74 Å². The van der Waals surface area contributed by atoms with E-state index in [-0.39, 0.29) is 0 Å². The smallest absolute Gasteiger partial charge is 0.360 e. The van der Waals surface area contributed by atoms with Crippen LogP contribution >= 0.6 is 22.6 Å². The van der Waals surface area contributed by atoms with Gasteiger partial charge < -0.3 is 4.74 Å². The maximum atomic E-state index is 13.0. The number of alkyl halides is 4. The number of ether oxygens (including phenoxy) is 1. The molecule has 2 atom stereocenters. The van der Waals surface area contributed by atoms with Crippen molar-refractivity contribution < 1.29 is 22.3 Å². The molecular weight excluding hydrogens is 351 g/mol. The maximum Gasteiger partial charge on any atom is 0.414 e. The van der Waals surface area contributed by atoms with Crippen LogP contribution in [0.25, 0.3) is 0 Å². The Kier molecular flexibility index (Phi) is 5.18. The molecule has 1 aromatic rings. The zero-order valence-corrected chi connectivity index (χ0v) is 11.1. The minimum atomic E-state index is -4.41. The monoisotopic (exact) mass is 362 g/mol. The number of hydrogen-bond donors (Lipinski definition) is 0. The second kappa shape index (κ2) is 5.99. The third-order valence-electron chi connectivity index (χ3n) is 2.19. The van der Waals surface area contributed by atoms with Gasteiger partial charge >= 0.3 is 6.18 Å². The highest BCUT2D eigenvalue weighted by Crippen LogP contribution is 2.29. The normalized spacial score (nSPS) is 15.6. The summed E-state index contributed by atoms with van der Waals surface area (Å²) < 4.78 is 55.2. The van der Waals surface area contributed by atoms with E-state index in [4.69, 9.17) is 4.74 Å². The van der Waals surface area contributed by atoms with Gasteiger partial charge in [0.15, 0.2) is 6.10 Å². The number of halogens is 5. The highest BCUT2D eigenvalue weighted by molar-refractivity contribution is 14.1. The van der Waals surface area contributed by atoms with Gasteiger partial charge in [0, 0.05) is 4.43 Å². The Morgan fingerprint density at radius 2 is 2.00 bits per heavy atom. The third-order valence-corrected chi connectivity index (χ3v) is 2.99. The summed E-state index contributed by atoms with van der Waals surface area (Å²) in [5, 5.41) is 0. The van der Waals surface area contributed by atoms with Crippen LogP contribution in [0, 0.1) is 5.82 Å². The van der Waals surface area contributed by atoms with Gasteiger partial charge in [0.25, 0.3) is 0 Å². The van der Waals surface area contributed by atoms with E-state index in [0.29, 0.717) is 9.99 Å². The number of benzene rings is 1. The standard InChI is InChI=1S/C11H11F4IO/c1-7(11(13,14)15)17-10(6-16)8-3-2-4-9(12)5-8/h2-5,7,10H,6H2,1H3. The quantitative estimate of drug-likeness (QED) is 0.442. The van der Waals surface area contributed by atoms with E-state index in [9.17, 15) is 17.6 Å².